The van der Waals surface area contributed by atoms with Gasteiger partial charge in [-0.3, -0.25) is 4.79 Å². The summed E-state index contributed by atoms with van der Waals surface area (Å²) in [4.78, 5) is 10.6. The van der Waals surface area contributed by atoms with E-state index in [1.807, 2.05) is 0 Å². The van der Waals surface area contributed by atoms with Crippen LogP contribution in [0.25, 0.3) is 0 Å². The molecule has 0 aliphatic heterocycles. The van der Waals surface area contributed by atoms with Crippen molar-refractivity contribution in [3.8, 4) is 0 Å². The first-order valence-electron chi connectivity index (χ1n) is 5.89. The number of sulfonamides is 1. The molecular weight excluding hydrogens is 268 g/mol. The van der Waals surface area contributed by atoms with Crippen LogP contribution in [-0.4, -0.2) is 26.0 Å². The van der Waals surface area contributed by atoms with Gasteiger partial charge in [0.25, 0.3) is 0 Å². The number of carbonyl (C=O) groups excluding carboxylic acids is 1. The minimum absolute atomic E-state index is 0.121. The van der Waals surface area contributed by atoms with Crippen LogP contribution < -0.4 is 10.5 Å². The lowest BCUT2D eigenvalue weighted by molar-refractivity contribution is -0.118. The lowest BCUT2D eigenvalue weighted by atomic mass is 10.1. The topological polar surface area (TPSA) is 109 Å². The van der Waals surface area contributed by atoms with Gasteiger partial charge in [-0.25, -0.2) is 13.1 Å². The Kier molecular flexibility index (Phi) is 5.46. The van der Waals surface area contributed by atoms with Crippen LogP contribution in [0, 0.1) is 0 Å². The number of benzene rings is 1. The average molecular weight is 286 g/mol. The SMILES string of the molecule is CC(O)c1ccc(S(=O)(=O)NCCCC(N)=O)cc1. The van der Waals surface area contributed by atoms with Gasteiger partial charge in [0.1, 0.15) is 0 Å². The molecule has 0 aliphatic carbocycles. The maximum Gasteiger partial charge on any atom is 0.240 e. The van der Waals surface area contributed by atoms with Crippen LogP contribution in [0.4, 0.5) is 0 Å². The van der Waals surface area contributed by atoms with Crippen molar-refractivity contribution in [3.05, 3.63) is 29.8 Å². The number of aliphatic hydroxyl groups is 1. The maximum atomic E-state index is 11.9. The van der Waals surface area contributed by atoms with Crippen LogP contribution >= 0.6 is 0 Å². The van der Waals surface area contributed by atoms with Crippen LogP contribution in [-0.2, 0) is 14.8 Å². The first kappa shape index (κ1) is 15.6. The number of aliphatic hydroxyl groups excluding tert-OH is 1. The fourth-order valence-corrected chi connectivity index (χ4v) is 2.55. The van der Waals surface area contributed by atoms with E-state index in [4.69, 9.17) is 5.73 Å². The standard InChI is InChI=1S/C12H18N2O4S/c1-9(15)10-4-6-11(7-5-10)19(17,18)14-8-2-3-12(13)16/h4-7,9,14-15H,2-3,8H2,1H3,(H2,13,16). The quantitative estimate of drug-likeness (QED) is 0.625. The van der Waals surface area contributed by atoms with Gasteiger partial charge in [0, 0.05) is 13.0 Å². The Balaban J connectivity index is 2.64. The molecule has 1 unspecified atom stereocenters. The molecule has 0 spiro atoms. The summed E-state index contributed by atoms with van der Waals surface area (Å²) in [5.41, 5.74) is 5.60. The van der Waals surface area contributed by atoms with Crippen LogP contribution in [0.3, 0.4) is 0 Å². The van der Waals surface area contributed by atoms with E-state index in [0.717, 1.165) is 0 Å². The zero-order valence-electron chi connectivity index (χ0n) is 10.7. The van der Waals surface area contributed by atoms with Gasteiger partial charge in [0.15, 0.2) is 0 Å². The summed E-state index contributed by atoms with van der Waals surface area (Å²) in [6.45, 7) is 1.76. The van der Waals surface area contributed by atoms with E-state index in [2.05, 4.69) is 4.72 Å². The normalized spacial score (nSPS) is 13.2. The third-order valence-electron chi connectivity index (χ3n) is 2.56. The Hall–Kier alpha value is -1.44. The summed E-state index contributed by atoms with van der Waals surface area (Å²) < 4.78 is 26.1. The summed E-state index contributed by atoms with van der Waals surface area (Å²) in [5, 5.41) is 9.33. The van der Waals surface area contributed by atoms with Gasteiger partial charge in [-0.15, -0.1) is 0 Å². The molecule has 1 aromatic rings. The minimum atomic E-state index is -3.58. The second-order valence-electron chi connectivity index (χ2n) is 4.21. The maximum absolute atomic E-state index is 11.9. The highest BCUT2D eigenvalue weighted by molar-refractivity contribution is 7.89. The number of nitrogens with two attached hydrogens (primary N) is 1. The molecule has 19 heavy (non-hydrogen) atoms. The predicted molar refractivity (Wildman–Crippen MR) is 70.7 cm³/mol. The molecule has 0 heterocycles. The monoisotopic (exact) mass is 286 g/mol. The van der Waals surface area contributed by atoms with E-state index >= 15 is 0 Å². The Morgan fingerprint density at radius 3 is 2.42 bits per heavy atom. The molecule has 106 valence electrons. The van der Waals surface area contributed by atoms with Gasteiger partial charge < -0.3 is 10.8 Å². The highest BCUT2D eigenvalue weighted by Crippen LogP contribution is 2.15. The first-order valence-corrected chi connectivity index (χ1v) is 7.37. The smallest absolute Gasteiger partial charge is 0.240 e. The van der Waals surface area contributed by atoms with Crippen LogP contribution in [0.5, 0.6) is 0 Å². The van der Waals surface area contributed by atoms with E-state index in [1.54, 1.807) is 19.1 Å². The lowest BCUT2D eigenvalue weighted by Crippen LogP contribution is -2.25. The largest absolute Gasteiger partial charge is 0.389 e. The number of hydrogen-bond donors (Lipinski definition) is 3. The number of amides is 1. The van der Waals surface area contributed by atoms with Crippen LogP contribution in [0.15, 0.2) is 29.2 Å². The summed E-state index contributed by atoms with van der Waals surface area (Å²) in [6.07, 6.45) is -0.135. The Labute approximate surface area is 112 Å². The van der Waals surface area contributed by atoms with Gasteiger partial charge in [0.05, 0.1) is 11.0 Å². The van der Waals surface area contributed by atoms with E-state index in [1.165, 1.54) is 12.1 Å². The van der Waals surface area contributed by atoms with Crippen molar-refractivity contribution in [1.29, 1.82) is 0 Å². The van der Waals surface area contributed by atoms with Gasteiger partial charge >= 0.3 is 0 Å². The van der Waals surface area contributed by atoms with Crippen molar-refractivity contribution in [3.63, 3.8) is 0 Å². The predicted octanol–water partition coefficient (Wildman–Crippen LogP) is 0.284. The fraction of sp³-hybridized carbons (Fsp3) is 0.417. The zero-order chi connectivity index (χ0) is 14.5. The average Bonchev–Trinajstić information content (AvgIpc) is 2.34. The van der Waals surface area contributed by atoms with Gasteiger partial charge in [-0.2, -0.15) is 0 Å². The van der Waals surface area contributed by atoms with Crippen molar-refractivity contribution in [2.24, 2.45) is 5.73 Å². The molecule has 1 rings (SSSR count). The number of rotatable bonds is 7. The molecule has 7 heteroatoms. The van der Waals surface area contributed by atoms with Crippen LogP contribution in [0.2, 0.25) is 0 Å². The van der Waals surface area contributed by atoms with Crippen molar-refractivity contribution in [2.45, 2.75) is 30.8 Å². The molecule has 4 N–H and O–H groups in total. The Morgan fingerprint density at radius 1 is 1.37 bits per heavy atom. The Morgan fingerprint density at radius 2 is 1.95 bits per heavy atom. The molecule has 0 aromatic heterocycles. The molecule has 0 saturated heterocycles. The fourth-order valence-electron chi connectivity index (χ4n) is 1.48. The summed E-state index contributed by atoms with van der Waals surface area (Å²) in [5.74, 6) is -0.458. The molecule has 0 radical (unpaired) electrons. The first-order chi connectivity index (χ1) is 8.83. The van der Waals surface area contributed by atoms with E-state index < -0.39 is 22.0 Å². The zero-order valence-corrected chi connectivity index (χ0v) is 11.5. The molecule has 1 aromatic carbocycles. The van der Waals surface area contributed by atoms with Gasteiger partial charge in [-0.05, 0) is 31.0 Å². The highest BCUT2D eigenvalue weighted by atomic mass is 32.2. The third-order valence-corrected chi connectivity index (χ3v) is 4.04. The van der Waals surface area contributed by atoms with Gasteiger partial charge in [0.2, 0.25) is 15.9 Å². The van der Waals surface area contributed by atoms with Crippen molar-refractivity contribution in [2.75, 3.05) is 6.54 Å². The van der Waals surface area contributed by atoms with Crippen LogP contribution in [0.1, 0.15) is 31.4 Å². The molecular formula is C12H18N2O4S. The molecule has 0 fully saturated rings. The molecule has 0 bridgehead atoms. The molecule has 0 aliphatic rings. The van der Waals surface area contributed by atoms with Crippen molar-refractivity contribution in [1.82, 2.24) is 4.72 Å². The number of hydrogen-bond acceptors (Lipinski definition) is 4. The number of carbonyl (C=O) groups is 1. The number of nitrogens with one attached hydrogen (secondary N) is 1. The summed E-state index contributed by atoms with van der Waals surface area (Å²) in [7, 11) is -3.58. The molecule has 1 atom stereocenters. The van der Waals surface area contributed by atoms with E-state index in [-0.39, 0.29) is 17.9 Å². The second kappa shape index (κ2) is 6.65. The molecule has 6 nitrogen and oxygen atoms in total. The summed E-state index contributed by atoms with van der Waals surface area (Å²) >= 11 is 0. The van der Waals surface area contributed by atoms with E-state index in [9.17, 15) is 18.3 Å². The second-order valence-corrected chi connectivity index (χ2v) is 5.98. The molecule has 0 saturated carbocycles. The Bertz CT molecular complexity index is 523. The van der Waals surface area contributed by atoms with Crippen molar-refractivity contribution < 1.29 is 18.3 Å². The highest BCUT2D eigenvalue weighted by Gasteiger charge is 2.13. The molecule has 1 amide bonds. The van der Waals surface area contributed by atoms with Gasteiger partial charge in [-0.1, -0.05) is 12.1 Å². The number of primary amides is 1. The summed E-state index contributed by atoms with van der Waals surface area (Å²) in [6, 6.07) is 5.97. The van der Waals surface area contributed by atoms with E-state index in [0.29, 0.717) is 12.0 Å². The third kappa shape index (κ3) is 4.98. The minimum Gasteiger partial charge on any atom is -0.389 e. The lowest BCUT2D eigenvalue weighted by Gasteiger charge is -2.08. The van der Waals surface area contributed by atoms with Crippen molar-refractivity contribution >= 4 is 15.9 Å².